The highest BCUT2D eigenvalue weighted by Gasteiger charge is 2.39. The van der Waals surface area contributed by atoms with Gasteiger partial charge in [0, 0.05) is 13.1 Å². The predicted molar refractivity (Wildman–Crippen MR) is 213 cm³/mol. The van der Waals surface area contributed by atoms with Crippen molar-refractivity contribution in [3.05, 3.63) is 72.6 Å². The highest BCUT2D eigenvalue weighted by atomic mass is 19.1. The molecule has 0 radical (unpaired) electrons. The maximum atomic E-state index is 13.6. The van der Waals surface area contributed by atoms with Gasteiger partial charge in [0.25, 0.3) is 0 Å². The highest BCUT2D eigenvalue weighted by Crippen LogP contribution is 2.35. The number of H-pyrrole nitrogens is 2. The zero-order valence-corrected chi connectivity index (χ0v) is 33.3. The summed E-state index contributed by atoms with van der Waals surface area (Å²) in [5.41, 5.74) is 5.54. The molecular formula is C42H52F2N8O6. The van der Waals surface area contributed by atoms with Gasteiger partial charge < -0.3 is 39.9 Å². The minimum absolute atomic E-state index is 0.205. The van der Waals surface area contributed by atoms with Crippen LogP contribution >= 0.6 is 0 Å². The number of alkyl carbamates (subject to hydrolysis) is 2. The second-order valence-electron chi connectivity index (χ2n) is 15.3. The minimum Gasteiger partial charge on any atom is -0.447 e. The topological polar surface area (TPSA) is 175 Å². The van der Waals surface area contributed by atoms with E-state index in [2.05, 4.69) is 30.6 Å². The number of carbonyl (C=O) groups excluding carboxylic acids is 4. The highest BCUT2D eigenvalue weighted by molar-refractivity contribution is 5.87. The lowest BCUT2D eigenvalue weighted by Gasteiger charge is -2.30. The van der Waals surface area contributed by atoms with Crippen LogP contribution in [0.4, 0.5) is 18.4 Å². The fraction of sp³-hybridized carbons (Fsp3) is 0.476. The predicted octanol–water partition coefficient (Wildman–Crippen LogP) is 6.90. The van der Waals surface area contributed by atoms with E-state index in [1.807, 2.05) is 76.2 Å². The Morgan fingerprint density at radius 2 is 1.02 bits per heavy atom. The number of aromatic nitrogens is 4. The number of ether oxygens (including phenoxy) is 2. The number of rotatable bonds is 15. The fourth-order valence-corrected chi connectivity index (χ4v) is 7.60. The number of imidazole rings is 2. The van der Waals surface area contributed by atoms with Gasteiger partial charge in [0.1, 0.15) is 50.3 Å². The monoisotopic (exact) mass is 802 g/mol. The number of nitrogens with zero attached hydrogens (tertiary/aromatic N) is 4. The van der Waals surface area contributed by atoms with Gasteiger partial charge in [-0.1, -0.05) is 76.2 Å². The lowest BCUT2D eigenvalue weighted by atomic mass is 10.0. The lowest BCUT2D eigenvalue weighted by molar-refractivity contribution is -0.136. The second kappa shape index (κ2) is 19.1. The van der Waals surface area contributed by atoms with Crippen LogP contribution in [0, 0.1) is 11.8 Å². The van der Waals surface area contributed by atoms with E-state index in [1.165, 1.54) is 0 Å². The first-order valence-corrected chi connectivity index (χ1v) is 19.9. The van der Waals surface area contributed by atoms with E-state index in [0.29, 0.717) is 24.7 Å². The Labute approximate surface area is 336 Å². The molecule has 58 heavy (non-hydrogen) atoms. The molecule has 2 aromatic heterocycles. The largest absolute Gasteiger partial charge is 0.447 e. The van der Waals surface area contributed by atoms with E-state index in [0.717, 1.165) is 59.3 Å². The molecular weight excluding hydrogens is 751 g/mol. The number of carbonyl (C=O) groups is 4. The molecule has 4 N–H and O–H groups in total. The number of halogens is 2. The number of amides is 4. The second-order valence-corrected chi connectivity index (χ2v) is 15.3. The van der Waals surface area contributed by atoms with Gasteiger partial charge in [-0.2, -0.15) is 0 Å². The van der Waals surface area contributed by atoms with Crippen LogP contribution in [-0.4, -0.2) is 105 Å². The zero-order chi connectivity index (χ0) is 41.3. The third-order valence-corrected chi connectivity index (χ3v) is 10.7. The van der Waals surface area contributed by atoms with Gasteiger partial charge in [-0.05, 0) is 59.8 Å². The molecule has 4 aromatic rings. The summed E-state index contributed by atoms with van der Waals surface area (Å²) in [5, 5.41) is 5.21. The molecule has 4 amide bonds. The SMILES string of the molecule is CC(C)[C@H](NC(=O)OCCF)C(=O)N1CCCC1c1ncc(-c2ccc(-c3ccc(-c4cnc([C@@H]5CCCN5C(=O)[C@@H](NC(=O)OCCF)C(C)C)[nH]4)cc3)cc2)[nH]1. The van der Waals surface area contributed by atoms with E-state index in [9.17, 15) is 28.0 Å². The van der Waals surface area contributed by atoms with Crippen LogP contribution in [0.25, 0.3) is 33.6 Å². The number of aromatic amines is 2. The van der Waals surface area contributed by atoms with Crippen LogP contribution in [0.2, 0.25) is 0 Å². The van der Waals surface area contributed by atoms with Crippen LogP contribution < -0.4 is 10.6 Å². The fourth-order valence-electron chi connectivity index (χ4n) is 7.60. The molecule has 0 bridgehead atoms. The number of likely N-dealkylation sites (tertiary alicyclic amines) is 2. The molecule has 2 aliphatic heterocycles. The van der Waals surface area contributed by atoms with Gasteiger partial charge in [0.15, 0.2) is 0 Å². The van der Waals surface area contributed by atoms with Gasteiger partial charge in [0.2, 0.25) is 11.8 Å². The maximum absolute atomic E-state index is 13.6. The van der Waals surface area contributed by atoms with Gasteiger partial charge in [-0.3, -0.25) is 9.59 Å². The van der Waals surface area contributed by atoms with Crippen molar-refractivity contribution in [3.63, 3.8) is 0 Å². The lowest BCUT2D eigenvalue weighted by Crippen LogP contribution is -2.51. The van der Waals surface area contributed by atoms with Gasteiger partial charge in [0.05, 0.1) is 35.9 Å². The Bertz CT molecular complexity index is 1870. The number of hydrogen-bond donors (Lipinski definition) is 4. The molecule has 0 saturated carbocycles. The molecule has 14 nitrogen and oxygen atoms in total. The Morgan fingerprint density at radius 1 is 0.655 bits per heavy atom. The van der Waals surface area contributed by atoms with Crippen molar-refractivity contribution in [2.75, 3.05) is 39.7 Å². The van der Waals surface area contributed by atoms with Crippen molar-refractivity contribution in [2.24, 2.45) is 11.8 Å². The molecule has 4 heterocycles. The summed E-state index contributed by atoms with van der Waals surface area (Å²) in [6.45, 7) is 6.08. The Balaban J connectivity index is 1.09. The van der Waals surface area contributed by atoms with Crippen LogP contribution in [0.5, 0.6) is 0 Å². The zero-order valence-electron chi connectivity index (χ0n) is 33.3. The Hall–Kier alpha value is -5.80. The number of alkyl halides is 2. The summed E-state index contributed by atoms with van der Waals surface area (Å²) in [6.07, 6.45) is 4.92. The number of hydrogen-bond acceptors (Lipinski definition) is 8. The summed E-state index contributed by atoms with van der Waals surface area (Å²) in [4.78, 5) is 71.1. The summed E-state index contributed by atoms with van der Waals surface area (Å²) >= 11 is 0. The van der Waals surface area contributed by atoms with Crippen molar-refractivity contribution in [1.29, 1.82) is 0 Å². The first-order chi connectivity index (χ1) is 28.0. The average molecular weight is 803 g/mol. The van der Waals surface area contributed by atoms with Crippen LogP contribution in [0.1, 0.15) is 77.1 Å². The molecule has 16 heteroatoms. The van der Waals surface area contributed by atoms with E-state index < -0.39 is 37.6 Å². The van der Waals surface area contributed by atoms with Crippen molar-refractivity contribution in [3.8, 4) is 33.6 Å². The molecule has 0 spiro atoms. The molecule has 1 unspecified atom stereocenters. The summed E-state index contributed by atoms with van der Waals surface area (Å²) in [7, 11) is 0. The molecule has 2 aliphatic rings. The van der Waals surface area contributed by atoms with E-state index >= 15 is 0 Å². The van der Waals surface area contributed by atoms with Crippen molar-refractivity contribution >= 4 is 24.0 Å². The van der Waals surface area contributed by atoms with Crippen molar-refractivity contribution < 1.29 is 37.4 Å². The number of nitrogens with one attached hydrogen (secondary N) is 4. The van der Waals surface area contributed by atoms with E-state index in [1.54, 1.807) is 22.2 Å². The first kappa shape index (κ1) is 41.8. The molecule has 2 fully saturated rings. The van der Waals surface area contributed by atoms with Crippen molar-refractivity contribution in [1.82, 2.24) is 40.4 Å². The summed E-state index contributed by atoms with van der Waals surface area (Å²) in [6, 6.07) is 14.0. The van der Waals surface area contributed by atoms with Crippen LogP contribution in [0.15, 0.2) is 60.9 Å². The third kappa shape index (κ3) is 9.65. The van der Waals surface area contributed by atoms with Crippen LogP contribution in [-0.2, 0) is 19.1 Å². The normalized spacial score (nSPS) is 17.7. The van der Waals surface area contributed by atoms with Gasteiger partial charge in [-0.25, -0.2) is 28.3 Å². The molecule has 6 rings (SSSR count). The molecule has 4 atom stereocenters. The van der Waals surface area contributed by atoms with Crippen molar-refractivity contribution in [2.45, 2.75) is 77.5 Å². The standard InChI is InChI=1S/C42H52F2N8O6/c1-25(2)35(49-41(55)57-21-17-43)39(53)51-19-5-7-33(51)37-45-23-31(47-37)29-13-9-27(10-14-29)28-11-15-30(16-12-28)32-24-46-38(48-32)34-8-6-20-52(34)40(54)36(26(3)4)50-42(56)58-22-18-44/h9-16,23-26,33-36H,5-8,17-22H2,1-4H3,(H,45,47)(H,46,48)(H,49,55)(H,50,56)/t33-,34?,35-,36-/m0/s1. The molecule has 2 aromatic carbocycles. The van der Waals surface area contributed by atoms with E-state index in [-0.39, 0.29) is 48.9 Å². The number of benzene rings is 2. The molecule has 310 valence electrons. The van der Waals surface area contributed by atoms with Gasteiger partial charge >= 0.3 is 12.2 Å². The smallest absolute Gasteiger partial charge is 0.407 e. The maximum Gasteiger partial charge on any atom is 0.407 e. The Kier molecular flexibility index (Phi) is 13.8. The quantitative estimate of drug-likeness (QED) is 0.100. The summed E-state index contributed by atoms with van der Waals surface area (Å²) < 4.78 is 34.6. The average Bonchev–Trinajstić information content (AvgIpc) is 4.07. The van der Waals surface area contributed by atoms with E-state index in [4.69, 9.17) is 9.47 Å². The van der Waals surface area contributed by atoms with Gasteiger partial charge in [-0.15, -0.1) is 0 Å². The molecule has 0 aliphatic carbocycles. The first-order valence-electron chi connectivity index (χ1n) is 19.9. The Morgan fingerprint density at radius 3 is 1.36 bits per heavy atom. The minimum atomic E-state index is -0.819. The van der Waals surface area contributed by atoms with Crippen LogP contribution in [0.3, 0.4) is 0 Å². The molecule has 2 saturated heterocycles. The third-order valence-electron chi connectivity index (χ3n) is 10.7. The summed E-state index contributed by atoms with van der Waals surface area (Å²) in [5.74, 6) is 0.466.